The second-order valence-electron chi connectivity index (χ2n) is 5.15. The van der Waals surface area contributed by atoms with E-state index in [1.165, 1.54) is 24.8 Å². The summed E-state index contributed by atoms with van der Waals surface area (Å²) in [6, 6.07) is 6.18. The molecule has 1 aromatic carbocycles. The molecule has 4 heteroatoms. The molecule has 2 nitrogen and oxygen atoms in total. The van der Waals surface area contributed by atoms with E-state index in [-0.39, 0.29) is 0 Å². The average molecular weight is 340 g/mol. The smallest absolute Gasteiger partial charge is 0.130 e. The Morgan fingerprint density at radius 3 is 2.63 bits per heavy atom. The summed E-state index contributed by atoms with van der Waals surface area (Å²) in [5.41, 5.74) is 2.15. The molecular weight excluding hydrogens is 324 g/mol. The van der Waals surface area contributed by atoms with Gasteiger partial charge >= 0.3 is 0 Å². The molecular formula is C15H16BrClN2. The van der Waals surface area contributed by atoms with Crippen molar-refractivity contribution in [3.63, 3.8) is 0 Å². The van der Waals surface area contributed by atoms with E-state index in [1.54, 1.807) is 0 Å². The van der Waals surface area contributed by atoms with Gasteiger partial charge in [-0.3, -0.25) is 0 Å². The zero-order valence-corrected chi connectivity index (χ0v) is 13.3. The third-order valence-corrected chi connectivity index (χ3v) is 4.54. The monoisotopic (exact) mass is 338 g/mol. The first-order valence-corrected chi connectivity index (χ1v) is 7.83. The maximum Gasteiger partial charge on any atom is 0.130 e. The normalized spacial score (nSPS) is 16.1. The van der Waals surface area contributed by atoms with Gasteiger partial charge in [-0.05, 0) is 65.9 Å². The van der Waals surface area contributed by atoms with E-state index in [0.717, 1.165) is 39.3 Å². The third-order valence-electron chi connectivity index (χ3n) is 3.63. The van der Waals surface area contributed by atoms with E-state index < -0.39 is 0 Å². The van der Waals surface area contributed by atoms with Crippen molar-refractivity contribution in [2.24, 2.45) is 0 Å². The van der Waals surface area contributed by atoms with Crippen LogP contribution in [-0.2, 0) is 0 Å². The fraction of sp³-hybridized carbons (Fsp3) is 0.400. The molecule has 0 bridgehead atoms. The number of halogens is 2. The number of hydrogen-bond acceptors (Lipinski definition) is 2. The molecule has 19 heavy (non-hydrogen) atoms. The van der Waals surface area contributed by atoms with Crippen LogP contribution in [-0.4, -0.2) is 18.1 Å². The van der Waals surface area contributed by atoms with Crippen LogP contribution in [0, 0.1) is 6.92 Å². The van der Waals surface area contributed by atoms with Crippen LogP contribution in [0.15, 0.2) is 22.7 Å². The van der Waals surface area contributed by atoms with Crippen molar-refractivity contribution in [3.05, 3.63) is 33.3 Å². The SMILES string of the molecule is Cc1cc(Br)c2nc(N3CCCCC3)cc(Cl)c2c1. The summed E-state index contributed by atoms with van der Waals surface area (Å²) in [4.78, 5) is 7.13. The third kappa shape index (κ3) is 2.59. The van der Waals surface area contributed by atoms with Crippen LogP contribution in [0.25, 0.3) is 10.9 Å². The van der Waals surface area contributed by atoms with Gasteiger partial charge in [-0.2, -0.15) is 0 Å². The number of pyridine rings is 1. The Hall–Kier alpha value is -0.800. The Morgan fingerprint density at radius 2 is 1.89 bits per heavy atom. The van der Waals surface area contributed by atoms with Crippen LogP contribution in [0.1, 0.15) is 24.8 Å². The second-order valence-corrected chi connectivity index (χ2v) is 6.41. The maximum atomic E-state index is 6.44. The molecule has 0 saturated carbocycles. The van der Waals surface area contributed by atoms with Crippen LogP contribution < -0.4 is 4.90 Å². The summed E-state index contributed by atoms with van der Waals surface area (Å²) in [6.07, 6.45) is 3.81. The highest BCUT2D eigenvalue weighted by Crippen LogP contribution is 2.33. The van der Waals surface area contributed by atoms with Gasteiger partial charge in [0.1, 0.15) is 5.82 Å². The van der Waals surface area contributed by atoms with Gasteiger partial charge < -0.3 is 4.90 Å². The van der Waals surface area contributed by atoms with Gasteiger partial charge in [0.2, 0.25) is 0 Å². The minimum Gasteiger partial charge on any atom is -0.357 e. The number of fused-ring (bicyclic) bond motifs is 1. The minimum atomic E-state index is 0.787. The predicted octanol–water partition coefficient (Wildman–Crippen LogP) is 4.95. The lowest BCUT2D eigenvalue weighted by Gasteiger charge is -2.28. The fourth-order valence-electron chi connectivity index (χ4n) is 2.65. The molecule has 2 heterocycles. The number of aryl methyl sites for hydroxylation is 1. The average Bonchev–Trinajstić information content (AvgIpc) is 2.41. The Balaban J connectivity index is 2.13. The second kappa shape index (κ2) is 5.29. The van der Waals surface area contributed by atoms with Gasteiger partial charge in [0.25, 0.3) is 0 Å². The molecule has 0 radical (unpaired) electrons. The van der Waals surface area contributed by atoms with E-state index in [2.05, 4.69) is 39.9 Å². The number of anilines is 1. The summed E-state index contributed by atoms with van der Waals surface area (Å²) in [7, 11) is 0. The van der Waals surface area contributed by atoms with E-state index in [9.17, 15) is 0 Å². The molecule has 100 valence electrons. The first-order valence-electron chi connectivity index (χ1n) is 6.66. The van der Waals surface area contributed by atoms with E-state index in [1.807, 2.05) is 6.07 Å². The predicted molar refractivity (Wildman–Crippen MR) is 85.3 cm³/mol. The van der Waals surface area contributed by atoms with Crippen molar-refractivity contribution in [2.45, 2.75) is 26.2 Å². The van der Waals surface area contributed by atoms with E-state index in [0.29, 0.717) is 0 Å². The molecule has 1 fully saturated rings. The minimum absolute atomic E-state index is 0.787. The summed E-state index contributed by atoms with van der Waals surface area (Å²) in [5, 5.41) is 1.81. The van der Waals surface area contributed by atoms with Gasteiger partial charge in [-0.1, -0.05) is 11.6 Å². The number of piperidine rings is 1. The number of hydrogen-bond donors (Lipinski definition) is 0. The summed E-state index contributed by atoms with van der Waals surface area (Å²) < 4.78 is 1.02. The number of benzene rings is 1. The van der Waals surface area contributed by atoms with Crippen molar-refractivity contribution in [1.82, 2.24) is 4.98 Å². The molecule has 1 saturated heterocycles. The highest BCUT2D eigenvalue weighted by atomic mass is 79.9. The summed E-state index contributed by atoms with van der Waals surface area (Å²) >= 11 is 10.0. The first-order chi connectivity index (χ1) is 9.15. The van der Waals surface area contributed by atoms with Gasteiger partial charge in [0.15, 0.2) is 0 Å². The van der Waals surface area contributed by atoms with Gasteiger partial charge in [-0.15, -0.1) is 0 Å². The molecule has 1 aliphatic heterocycles. The van der Waals surface area contributed by atoms with Crippen molar-refractivity contribution in [3.8, 4) is 0 Å². The Kier molecular flexibility index (Phi) is 3.68. The quantitative estimate of drug-likeness (QED) is 0.731. The Labute approximate surface area is 126 Å². The molecule has 1 aromatic heterocycles. The van der Waals surface area contributed by atoms with Crippen LogP contribution in [0.2, 0.25) is 5.02 Å². The van der Waals surface area contributed by atoms with Crippen molar-refractivity contribution >= 4 is 44.3 Å². The van der Waals surface area contributed by atoms with Gasteiger partial charge in [0, 0.05) is 22.9 Å². The van der Waals surface area contributed by atoms with E-state index >= 15 is 0 Å². The standard InChI is InChI=1S/C15H16BrClN2/c1-10-7-11-13(17)9-14(18-15(11)12(16)8-10)19-5-3-2-4-6-19/h7-9H,2-6H2,1H3. The lowest BCUT2D eigenvalue weighted by atomic mass is 10.1. The lowest BCUT2D eigenvalue weighted by molar-refractivity contribution is 0.574. The molecule has 0 aliphatic carbocycles. The van der Waals surface area contributed by atoms with Gasteiger partial charge in [-0.25, -0.2) is 4.98 Å². The fourth-order valence-corrected chi connectivity index (χ4v) is 3.56. The topological polar surface area (TPSA) is 16.1 Å². The number of rotatable bonds is 1. The molecule has 2 aromatic rings. The maximum absolute atomic E-state index is 6.44. The summed E-state index contributed by atoms with van der Waals surface area (Å²) in [5.74, 6) is 1.00. The van der Waals surface area contributed by atoms with Gasteiger partial charge in [0.05, 0.1) is 10.5 Å². The first kappa shape index (κ1) is 13.2. The Morgan fingerprint density at radius 1 is 1.16 bits per heavy atom. The van der Waals surface area contributed by atoms with Crippen molar-refractivity contribution in [1.29, 1.82) is 0 Å². The van der Waals surface area contributed by atoms with Crippen LogP contribution in [0.4, 0.5) is 5.82 Å². The van der Waals surface area contributed by atoms with Crippen LogP contribution in [0.3, 0.4) is 0 Å². The molecule has 1 aliphatic rings. The molecule has 0 spiro atoms. The number of nitrogens with zero attached hydrogens (tertiary/aromatic N) is 2. The highest BCUT2D eigenvalue weighted by Gasteiger charge is 2.15. The lowest BCUT2D eigenvalue weighted by Crippen LogP contribution is -2.30. The highest BCUT2D eigenvalue weighted by molar-refractivity contribution is 9.10. The largest absolute Gasteiger partial charge is 0.357 e. The number of aromatic nitrogens is 1. The van der Waals surface area contributed by atoms with Crippen molar-refractivity contribution < 1.29 is 0 Å². The molecule has 0 atom stereocenters. The zero-order valence-electron chi connectivity index (χ0n) is 10.9. The van der Waals surface area contributed by atoms with Crippen LogP contribution >= 0.6 is 27.5 Å². The molecule has 3 rings (SSSR count). The molecule has 0 unspecified atom stereocenters. The Bertz CT molecular complexity index is 621. The molecule has 0 N–H and O–H groups in total. The molecule has 0 amide bonds. The zero-order chi connectivity index (χ0) is 13.4. The van der Waals surface area contributed by atoms with Crippen molar-refractivity contribution in [2.75, 3.05) is 18.0 Å². The van der Waals surface area contributed by atoms with Crippen LogP contribution in [0.5, 0.6) is 0 Å². The summed E-state index contributed by atoms with van der Waals surface area (Å²) in [6.45, 7) is 4.23. The van der Waals surface area contributed by atoms with E-state index in [4.69, 9.17) is 16.6 Å².